The van der Waals surface area contributed by atoms with Crippen LogP contribution in [0.2, 0.25) is 0 Å². The zero-order valence-electron chi connectivity index (χ0n) is 16.0. The Morgan fingerprint density at radius 1 is 1.20 bits per heavy atom. The summed E-state index contributed by atoms with van der Waals surface area (Å²) in [4.78, 5) is 9.31. The molecule has 1 aliphatic rings. The minimum atomic E-state index is 0.869. The van der Waals surface area contributed by atoms with Crippen LogP contribution in [0.25, 0.3) is 45.2 Å². The monoisotopic (exact) mass is 408 g/mol. The van der Waals surface area contributed by atoms with E-state index in [4.69, 9.17) is 0 Å². The molecule has 1 aliphatic carbocycles. The average Bonchev–Trinajstić information content (AvgIpc) is 3.53. The number of thiophene rings is 1. The van der Waals surface area contributed by atoms with Crippen LogP contribution in [0.3, 0.4) is 0 Å². The average molecular weight is 408 g/mol. The van der Waals surface area contributed by atoms with Crippen molar-refractivity contribution in [1.29, 1.82) is 0 Å². The summed E-state index contributed by atoms with van der Waals surface area (Å²) in [6, 6.07) is 8.44. The van der Waals surface area contributed by atoms with Crippen LogP contribution in [-0.4, -0.2) is 29.9 Å². The van der Waals surface area contributed by atoms with E-state index in [0.717, 1.165) is 44.8 Å². The third kappa shape index (κ3) is 2.69. The number of aromatic nitrogens is 6. The van der Waals surface area contributed by atoms with Crippen LogP contribution in [-0.2, 0) is 7.05 Å². The molecule has 2 N–H and O–H groups in total. The number of nitrogens with zero attached hydrogens (tertiary/aromatic N) is 4. The lowest BCUT2D eigenvalue weighted by molar-refractivity contribution is 0.768. The molecule has 0 unspecified atom stereocenters. The summed E-state index contributed by atoms with van der Waals surface area (Å²) >= 11 is 1.73. The van der Waals surface area contributed by atoms with Crippen molar-refractivity contribution in [2.45, 2.75) is 0 Å². The lowest BCUT2D eigenvalue weighted by Gasteiger charge is -2.02. The molecule has 0 atom stereocenters. The molecule has 7 heteroatoms. The van der Waals surface area contributed by atoms with Gasteiger partial charge in [0.15, 0.2) is 0 Å². The largest absolute Gasteiger partial charge is 0.353 e. The fraction of sp³-hybridized carbons (Fsp3) is 0.0435. The summed E-state index contributed by atoms with van der Waals surface area (Å²) < 4.78 is 1.78. The van der Waals surface area contributed by atoms with Crippen LogP contribution in [0.4, 0.5) is 0 Å². The molecular formula is C23H16N6S. The number of aromatic amines is 2. The van der Waals surface area contributed by atoms with Crippen molar-refractivity contribution in [3.8, 4) is 22.6 Å². The van der Waals surface area contributed by atoms with Gasteiger partial charge in [-0.25, -0.2) is 0 Å². The van der Waals surface area contributed by atoms with Crippen molar-refractivity contribution < 1.29 is 0 Å². The zero-order chi connectivity index (χ0) is 20.1. The van der Waals surface area contributed by atoms with Crippen LogP contribution in [0.5, 0.6) is 0 Å². The Morgan fingerprint density at radius 2 is 2.17 bits per heavy atom. The highest BCUT2D eigenvalue weighted by Gasteiger charge is 2.18. The van der Waals surface area contributed by atoms with E-state index in [1.54, 1.807) is 16.0 Å². The smallest absolute Gasteiger partial charge is 0.116 e. The molecule has 6 rings (SSSR count). The van der Waals surface area contributed by atoms with Gasteiger partial charge in [-0.15, -0.1) is 17.1 Å². The van der Waals surface area contributed by atoms with Crippen molar-refractivity contribution in [2.24, 2.45) is 7.05 Å². The topological polar surface area (TPSA) is 75.2 Å². The summed E-state index contributed by atoms with van der Waals surface area (Å²) in [7, 11) is 1.90. The Kier molecular flexibility index (Phi) is 3.71. The first kappa shape index (κ1) is 17.0. The van der Waals surface area contributed by atoms with E-state index in [2.05, 4.69) is 66.7 Å². The van der Waals surface area contributed by atoms with Gasteiger partial charge < -0.3 is 4.98 Å². The second-order valence-corrected chi connectivity index (χ2v) is 8.08. The van der Waals surface area contributed by atoms with E-state index in [0.29, 0.717) is 0 Å². The number of H-pyrrole nitrogens is 2. The normalized spacial score (nSPS) is 12.9. The van der Waals surface area contributed by atoms with Gasteiger partial charge in [-0.3, -0.25) is 14.8 Å². The van der Waals surface area contributed by atoms with E-state index < -0.39 is 0 Å². The lowest BCUT2D eigenvalue weighted by Crippen LogP contribution is -1.85. The molecule has 6 nitrogen and oxygen atoms in total. The highest BCUT2D eigenvalue weighted by Crippen LogP contribution is 2.36. The maximum absolute atomic E-state index is 4.58. The molecule has 0 spiro atoms. The molecule has 144 valence electrons. The first-order valence-electron chi connectivity index (χ1n) is 9.50. The number of hydrogen-bond donors (Lipinski definition) is 2. The summed E-state index contributed by atoms with van der Waals surface area (Å²) in [5.41, 5.74) is 11.1. The quantitative estimate of drug-likeness (QED) is 0.411. The predicted octanol–water partition coefficient (Wildman–Crippen LogP) is 5.03. The molecular weight excluding hydrogens is 392 g/mol. The minimum absolute atomic E-state index is 0.869. The summed E-state index contributed by atoms with van der Waals surface area (Å²) in [5.74, 6) is 0. The molecule has 5 aromatic heterocycles. The Balaban J connectivity index is 1.50. The van der Waals surface area contributed by atoms with Gasteiger partial charge >= 0.3 is 0 Å². The van der Waals surface area contributed by atoms with Crippen molar-refractivity contribution in [2.75, 3.05) is 0 Å². The number of nitrogens with one attached hydrogen (secondary N) is 2. The van der Waals surface area contributed by atoms with Gasteiger partial charge in [-0.05, 0) is 35.7 Å². The first-order valence-corrected chi connectivity index (χ1v) is 10.4. The fourth-order valence-electron chi connectivity index (χ4n) is 3.77. The van der Waals surface area contributed by atoms with E-state index in [9.17, 15) is 0 Å². The minimum Gasteiger partial charge on any atom is -0.353 e. The molecule has 5 aromatic rings. The highest BCUT2D eigenvalue weighted by atomic mass is 32.1. The van der Waals surface area contributed by atoms with Crippen LogP contribution in [0.1, 0.15) is 16.1 Å². The van der Waals surface area contributed by atoms with Crippen molar-refractivity contribution in [3.05, 3.63) is 82.3 Å². The van der Waals surface area contributed by atoms with E-state index in [-0.39, 0.29) is 0 Å². The molecule has 0 saturated heterocycles. The number of rotatable bonds is 3. The molecule has 0 amide bonds. The van der Waals surface area contributed by atoms with E-state index in [1.807, 2.05) is 37.8 Å². The summed E-state index contributed by atoms with van der Waals surface area (Å²) in [6.45, 7) is 0. The molecule has 0 aromatic carbocycles. The van der Waals surface area contributed by atoms with Crippen LogP contribution >= 0.6 is 11.3 Å². The van der Waals surface area contributed by atoms with Gasteiger partial charge in [0.05, 0.1) is 35.0 Å². The van der Waals surface area contributed by atoms with E-state index in [1.165, 1.54) is 10.5 Å². The number of allylic oxidation sites excluding steroid dienone is 2. The maximum atomic E-state index is 4.58. The van der Waals surface area contributed by atoms with Crippen molar-refractivity contribution in [3.63, 3.8) is 0 Å². The van der Waals surface area contributed by atoms with Crippen molar-refractivity contribution >= 4 is 33.9 Å². The van der Waals surface area contributed by atoms with Crippen LogP contribution in [0.15, 0.2) is 66.1 Å². The standard InChI is InChI=1S/C23H16N6S/c1-29-13-14(11-25-29)19-10-17-21(12-24-19)27-28-23(17)20-9-16-15(22-7-4-8-30-22)5-2-3-6-18(16)26-20/h2,4-13,26H,1H3,(H,27,28). The zero-order valence-corrected chi connectivity index (χ0v) is 16.9. The number of pyridine rings is 1. The lowest BCUT2D eigenvalue weighted by atomic mass is 10.0. The van der Waals surface area contributed by atoms with Crippen LogP contribution < -0.4 is 0 Å². The molecule has 5 heterocycles. The molecule has 0 saturated carbocycles. The summed E-state index contributed by atoms with van der Waals surface area (Å²) in [6.07, 6.45) is 11.6. The number of hydrogen-bond acceptors (Lipinski definition) is 4. The molecule has 0 aliphatic heterocycles. The van der Waals surface area contributed by atoms with Gasteiger partial charge in [-0.2, -0.15) is 10.2 Å². The van der Waals surface area contributed by atoms with Crippen molar-refractivity contribution in [1.82, 2.24) is 29.9 Å². The Bertz CT molecular complexity index is 1490. The van der Waals surface area contributed by atoms with Gasteiger partial charge in [0, 0.05) is 46.3 Å². The Labute approximate surface area is 175 Å². The van der Waals surface area contributed by atoms with Gasteiger partial charge in [0.1, 0.15) is 5.69 Å². The first-order chi connectivity index (χ1) is 14.8. The SMILES string of the molecule is Cn1cc(-c2cc3c(-c4cc5c([nH]4)C=C=CC=C5c4cccs4)n[nH]c3cn2)cn1. The Hall–Kier alpha value is -3.93. The molecule has 0 bridgehead atoms. The third-order valence-corrected chi connectivity index (χ3v) is 6.11. The van der Waals surface area contributed by atoms with E-state index >= 15 is 0 Å². The molecule has 0 radical (unpaired) electrons. The maximum Gasteiger partial charge on any atom is 0.116 e. The van der Waals surface area contributed by atoms with Crippen LogP contribution in [0, 0.1) is 0 Å². The highest BCUT2D eigenvalue weighted by molar-refractivity contribution is 7.11. The second-order valence-electron chi connectivity index (χ2n) is 7.14. The number of aryl methyl sites for hydroxylation is 1. The fourth-order valence-corrected chi connectivity index (χ4v) is 4.53. The molecule has 30 heavy (non-hydrogen) atoms. The predicted molar refractivity (Wildman–Crippen MR) is 120 cm³/mol. The summed E-state index contributed by atoms with van der Waals surface area (Å²) in [5, 5.41) is 15.1. The second kappa shape index (κ2) is 6.56. The third-order valence-electron chi connectivity index (χ3n) is 5.20. The Morgan fingerprint density at radius 3 is 3.00 bits per heavy atom. The van der Waals surface area contributed by atoms with Gasteiger partial charge in [0.2, 0.25) is 0 Å². The van der Waals surface area contributed by atoms with Gasteiger partial charge in [0.25, 0.3) is 0 Å². The molecule has 0 fully saturated rings. The number of fused-ring (bicyclic) bond motifs is 2. The van der Waals surface area contributed by atoms with Gasteiger partial charge in [-0.1, -0.05) is 6.07 Å².